The predicted molar refractivity (Wildman–Crippen MR) is 80.1 cm³/mol. The minimum Gasteiger partial charge on any atom is -0.305 e. The van der Waals surface area contributed by atoms with Gasteiger partial charge >= 0.3 is 0 Å². The number of hydrogen-bond donors (Lipinski definition) is 1. The summed E-state index contributed by atoms with van der Waals surface area (Å²) in [5, 5.41) is 8.17. The minimum atomic E-state index is 0.397. The first-order valence-electron chi connectivity index (χ1n) is 6.73. The van der Waals surface area contributed by atoms with E-state index in [0.29, 0.717) is 6.04 Å². The largest absolute Gasteiger partial charge is 0.305 e. The number of nitrogens with zero attached hydrogens (tertiary/aromatic N) is 2. The number of aromatic nitrogens is 2. The lowest BCUT2D eigenvalue weighted by atomic mass is 10.0. The molecule has 100 valence electrons. The van der Waals surface area contributed by atoms with Gasteiger partial charge in [0.1, 0.15) is 0 Å². The van der Waals surface area contributed by atoms with E-state index in [1.54, 1.807) is 0 Å². The molecule has 1 aliphatic rings. The average molecular weight is 320 g/mol. The lowest BCUT2D eigenvalue weighted by Gasteiger charge is -2.13. The van der Waals surface area contributed by atoms with Crippen LogP contribution in [0.3, 0.4) is 0 Å². The van der Waals surface area contributed by atoms with Gasteiger partial charge in [-0.3, -0.25) is 4.68 Å². The molecule has 1 aromatic heterocycles. The summed E-state index contributed by atoms with van der Waals surface area (Å²) in [5.41, 5.74) is 5.20. The van der Waals surface area contributed by atoms with Crippen LogP contribution in [0, 0.1) is 6.92 Å². The Hall–Kier alpha value is -1.13. The van der Waals surface area contributed by atoms with Crippen LogP contribution >= 0.6 is 15.9 Å². The van der Waals surface area contributed by atoms with Crippen LogP contribution in [-0.2, 0) is 19.5 Å². The number of hydrogen-bond acceptors (Lipinski definition) is 2. The van der Waals surface area contributed by atoms with E-state index in [1.807, 2.05) is 0 Å². The maximum Gasteiger partial charge on any atom is 0.0738 e. The van der Waals surface area contributed by atoms with Gasteiger partial charge in [-0.2, -0.15) is 5.10 Å². The second-order valence-electron chi connectivity index (χ2n) is 5.00. The van der Waals surface area contributed by atoms with Crippen LogP contribution in [0.4, 0.5) is 0 Å². The van der Waals surface area contributed by atoms with Crippen LogP contribution in [-0.4, -0.2) is 9.78 Å². The van der Waals surface area contributed by atoms with Gasteiger partial charge in [-0.25, -0.2) is 0 Å². The molecule has 0 saturated heterocycles. The summed E-state index contributed by atoms with van der Waals surface area (Å²) >= 11 is 3.68. The van der Waals surface area contributed by atoms with Crippen LogP contribution in [0.1, 0.15) is 35.5 Å². The summed E-state index contributed by atoms with van der Waals surface area (Å²) in [6.07, 6.45) is 0.978. The van der Waals surface area contributed by atoms with Crippen molar-refractivity contribution in [3.05, 3.63) is 51.3 Å². The van der Waals surface area contributed by atoms with Crippen molar-refractivity contribution in [1.82, 2.24) is 15.1 Å². The highest BCUT2D eigenvalue weighted by molar-refractivity contribution is 9.10. The standard InChI is InChI=1S/C15H18BrN3/c1-3-19-14(15(16)10(2)18-19)8-13-12-7-5-4-6-11(12)9-17-13/h4-7,13,17H,3,8-9H2,1-2H3. The normalized spacial score (nSPS) is 17.7. The fourth-order valence-corrected chi connectivity index (χ4v) is 3.26. The third-order valence-electron chi connectivity index (χ3n) is 3.82. The zero-order valence-corrected chi connectivity index (χ0v) is 12.9. The van der Waals surface area contributed by atoms with E-state index < -0.39 is 0 Å². The molecule has 3 nitrogen and oxygen atoms in total. The van der Waals surface area contributed by atoms with Gasteiger partial charge in [-0.1, -0.05) is 24.3 Å². The molecule has 0 spiro atoms. The molecule has 4 heteroatoms. The second kappa shape index (κ2) is 5.10. The number of rotatable bonds is 3. The molecule has 0 radical (unpaired) electrons. The first-order valence-corrected chi connectivity index (χ1v) is 7.53. The SMILES string of the molecule is CCn1nc(C)c(Br)c1CC1NCc2ccccc21. The van der Waals surface area contributed by atoms with Gasteiger partial charge in [0.2, 0.25) is 0 Å². The molecule has 0 aliphatic carbocycles. The van der Waals surface area contributed by atoms with Crippen molar-refractivity contribution in [1.29, 1.82) is 0 Å². The third-order valence-corrected chi connectivity index (χ3v) is 4.85. The Morgan fingerprint density at radius 3 is 3.00 bits per heavy atom. The molecule has 3 rings (SSSR count). The fourth-order valence-electron chi connectivity index (χ4n) is 2.82. The van der Waals surface area contributed by atoms with E-state index in [1.165, 1.54) is 16.8 Å². The average Bonchev–Trinajstić information content (AvgIpc) is 2.95. The zero-order valence-electron chi connectivity index (χ0n) is 11.3. The number of fused-ring (bicyclic) bond motifs is 1. The number of aryl methyl sites for hydroxylation is 2. The lowest BCUT2D eigenvalue weighted by molar-refractivity contribution is 0.535. The maximum atomic E-state index is 4.57. The molecule has 2 heterocycles. The third kappa shape index (κ3) is 2.23. The number of halogens is 1. The van der Waals surface area contributed by atoms with Crippen molar-refractivity contribution in [2.45, 2.75) is 39.4 Å². The Balaban J connectivity index is 1.91. The summed E-state index contributed by atoms with van der Waals surface area (Å²) < 4.78 is 3.25. The van der Waals surface area contributed by atoms with Gasteiger partial charge in [0, 0.05) is 25.6 Å². The van der Waals surface area contributed by atoms with Gasteiger partial charge < -0.3 is 5.32 Å². The number of benzene rings is 1. The highest BCUT2D eigenvalue weighted by atomic mass is 79.9. The Morgan fingerprint density at radius 1 is 1.42 bits per heavy atom. The molecule has 0 saturated carbocycles. The first-order chi connectivity index (χ1) is 9.20. The molecule has 1 atom stereocenters. The van der Waals surface area contributed by atoms with Crippen LogP contribution in [0.5, 0.6) is 0 Å². The van der Waals surface area contributed by atoms with Gasteiger partial charge in [0.15, 0.2) is 0 Å². The Labute approximate surface area is 122 Å². The summed E-state index contributed by atoms with van der Waals surface area (Å²) in [7, 11) is 0. The van der Waals surface area contributed by atoms with Crippen molar-refractivity contribution in [3.8, 4) is 0 Å². The summed E-state index contributed by atoms with van der Waals surface area (Å²) in [6.45, 7) is 6.07. The van der Waals surface area contributed by atoms with Crippen molar-refractivity contribution in [2.24, 2.45) is 0 Å². The molecular formula is C15H18BrN3. The molecule has 1 unspecified atom stereocenters. The molecule has 19 heavy (non-hydrogen) atoms. The summed E-state index contributed by atoms with van der Waals surface area (Å²) in [4.78, 5) is 0. The molecule has 0 fully saturated rings. The highest BCUT2D eigenvalue weighted by Crippen LogP contribution is 2.31. The van der Waals surface area contributed by atoms with E-state index >= 15 is 0 Å². The smallest absolute Gasteiger partial charge is 0.0738 e. The second-order valence-corrected chi connectivity index (χ2v) is 5.79. The number of nitrogens with one attached hydrogen (secondary N) is 1. The van der Waals surface area contributed by atoms with Crippen LogP contribution in [0.25, 0.3) is 0 Å². The van der Waals surface area contributed by atoms with E-state index in [0.717, 1.165) is 29.7 Å². The van der Waals surface area contributed by atoms with Crippen LogP contribution < -0.4 is 5.32 Å². The maximum absolute atomic E-state index is 4.57. The van der Waals surface area contributed by atoms with Crippen LogP contribution in [0.15, 0.2) is 28.7 Å². The predicted octanol–water partition coefficient (Wildman–Crippen LogP) is 3.36. The quantitative estimate of drug-likeness (QED) is 0.940. The monoisotopic (exact) mass is 319 g/mol. The minimum absolute atomic E-state index is 0.397. The van der Waals surface area contributed by atoms with Gasteiger partial charge in [0.05, 0.1) is 15.9 Å². The Bertz CT molecular complexity index is 603. The van der Waals surface area contributed by atoms with Gasteiger partial charge in [0.25, 0.3) is 0 Å². The summed E-state index contributed by atoms with van der Waals surface area (Å²) in [6, 6.07) is 9.07. The molecule has 1 aliphatic heterocycles. The van der Waals surface area contributed by atoms with E-state index in [9.17, 15) is 0 Å². The zero-order chi connectivity index (χ0) is 13.4. The lowest BCUT2D eigenvalue weighted by Crippen LogP contribution is -2.17. The first kappa shape index (κ1) is 12.9. The molecule has 0 amide bonds. The van der Waals surface area contributed by atoms with E-state index in [-0.39, 0.29) is 0 Å². The van der Waals surface area contributed by atoms with E-state index in [2.05, 4.69) is 69.1 Å². The topological polar surface area (TPSA) is 29.9 Å². The van der Waals surface area contributed by atoms with E-state index in [4.69, 9.17) is 0 Å². The molecule has 1 N–H and O–H groups in total. The molecule has 2 aromatic rings. The van der Waals surface area contributed by atoms with Crippen molar-refractivity contribution in [3.63, 3.8) is 0 Å². The van der Waals surface area contributed by atoms with Crippen molar-refractivity contribution in [2.75, 3.05) is 0 Å². The molecule has 1 aromatic carbocycles. The van der Waals surface area contributed by atoms with Gasteiger partial charge in [-0.15, -0.1) is 0 Å². The molecular weight excluding hydrogens is 302 g/mol. The van der Waals surface area contributed by atoms with Crippen molar-refractivity contribution >= 4 is 15.9 Å². The fraction of sp³-hybridized carbons (Fsp3) is 0.400. The summed E-state index contributed by atoms with van der Waals surface area (Å²) in [5.74, 6) is 0. The van der Waals surface area contributed by atoms with Crippen molar-refractivity contribution < 1.29 is 0 Å². The Morgan fingerprint density at radius 2 is 2.21 bits per heavy atom. The Kier molecular flexibility index (Phi) is 3.46. The van der Waals surface area contributed by atoms with Crippen LogP contribution in [0.2, 0.25) is 0 Å². The molecule has 0 bridgehead atoms. The highest BCUT2D eigenvalue weighted by Gasteiger charge is 2.24. The van der Waals surface area contributed by atoms with Gasteiger partial charge in [-0.05, 0) is 40.9 Å².